The number of guanidine groups is 1. The second kappa shape index (κ2) is 7.42. The molecule has 3 N–H and O–H groups in total. The summed E-state index contributed by atoms with van der Waals surface area (Å²) in [5, 5.41) is 0. The Morgan fingerprint density at radius 3 is 2.67 bits per heavy atom. The minimum atomic E-state index is -3.17. The molecule has 2 unspecified atom stereocenters. The fraction of sp³-hybridized carbons (Fsp3) is 0.923. The van der Waals surface area contributed by atoms with E-state index in [0.717, 1.165) is 38.8 Å². The van der Waals surface area contributed by atoms with Gasteiger partial charge in [0.05, 0.1) is 19.5 Å². The molecule has 1 aliphatic heterocycles. The van der Waals surface area contributed by atoms with Crippen molar-refractivity contribution < 1.29 is 13.2 Å². The standard InChI is InChI=1S/C13H26N4O3S/c1-21(18,19)16-12-5-3-2-4-11(12)10-15-13(14)17-6-8-20-9-7-17/h11-12,16H,2-10H2,1H3,(H2,14,15). The maximum atomic E-state index is 11.4. The number of ether oxygens (including phenoxy) is 1. The lowest BCUT2D eigenvalue weighted by Crippen LogP contribution is -2.46. The molecule has 7 nitrogen and oxygen atoms in total. The Labute approximate surface area is 127 Å². The van der Waals surface area contributed by atoms with E-state index in [0.29, 0.717) is 25.7 Å². The highest BCUT2D eigenvalue weighted by Gasteiger charge is 2.27. The van der Waals surface area contributed by atoms with Crippen molar-refractivity contribution in [3.05, 3.63) is 0 Å². The van der Waals surface area contributed by atoms with Gasteiger partial charge in [0.25, 0.3) is 0 Å². The number of hydrogen-bond acceptors (Lipinski definition) is 4. The van der Waals surface area contributed by atoms with Crippen LogP contribution in [0.15, 0.2) is 4.99 Å². The number of aliphatic imine (C=N–C) groups is 1. The average molecular weight is 318 g/mol. The molecule has 21 heavy (non-hydrogen) atoms. The predicted octanol–water partition coefficient (Wildman–Crippen LogP) is -0.259. The third-order valence-corrected chi connectivity index (χ3v) is 4.83. The van der Waals surface area contributed by atoms with Crippen molar-refractivity contribution in [1.82, 2.24) is 9.62 Å². The molecule has 1 saturated heterocycles. The number of nitrogens with zero attached hydrogens (tertiary/aromatic N) is 2. The highest BCUT2D eigenvalue weighted by Crippen LogP contribution is 2.25. The van der Waals surface area contributed by atoms with Crippen molar-refractivity contribution in [2.45, 2.75) is 31.7 Å². The van der Waals surface area contributed by atoms with Gasteiger partial charge < -0.3 is 15.4 Å². The normalized spacial score (nSPS) is 28.6. The van der Waals surface area contributed by atoms with E-state index in [1.165, 1.54) is 6.26 Å². The van der Waals surface area contributed by atoms with Crippen LogP contribution in [0.2, 0.25) is 0 Å². The van der Waals surface area contributed by atoms with Crippen molar-refractivity contribution in [3.63, 3.8) is 0 Å². The van der Waals surface area contributed by atoms with E-state index >= 15 is 0 Å². The molecule has 0 amide bonds. The Kier molecular flexibility index (Phi) is 5.83. The highest BCUT2D eigenvalue weighted by molar-refractivity contribution is 7.88. The van der Waals surface area contributed by atoms with Gasteiger partial charge in [-0.25, -0.2) is 13.1 Å². The van der Waals surface area contributed by atoms with Crippen LogP contribution in [0.4, 0.5) is 0 Å². The van der Waals surface area contributed by atoms with E-state index in [-0.39, 0.29) is 12.0 Å². The monoisotopic (exact) mass is 318 g/mol. The highest BCUT2D eigenvalue weighted by atomic mass is 32.2. The van der Waals surface area contributed by atoms with Gasteiger partial charge in [-0.1, -0.05) is 12.8 Å². The van der Waals surface area contributed by atoms with Crippen LogP contribution in [-0.4, -0.2) is 64.4 Å². The zero-order valence-corrected chi connectivity index (χ0v) is 13.4. The van der Waals surface area contributed by atoms with E-state index in [9.17, 15) is 8.42 Å². The lowest BCUT2D eigenvalue weighted by atomic mass is 9.85. The molecule has 2 fully saturated rings. The molecule has 0 bridgehead atoms. The van der Waals surface area contributed by atoms with Crippen LogP contribution in [0.25, 0.3) is 0 Å². The summed E-state index contributed by atoms with van der Waals surface area (Å²) >= 11 is 0. The molecule has 0 aromatic rings. The first-order valence-corrected chi connectivity index (χ1v) is 9.45. The van der Waals surface area contributed by atoms with Crippen LogP contribution in [0.3, 0.4) is 0 Å². The van der Waals surface area contributed by atoms with Crippen LogP contribution in [-0.2, 0) is 14.8 Å². The molecule has 8 heteroatoms. The van der Waals surface area contributed by atoms with Crippen LogP contribution < -0.4 is 10.5 Å². The molecule has 2 atom stereocenters. The summed E-state index contributed by atoms with van der Waals surface area (Å²) in [6.07, 6.45) is 5.27. The maximum Gasteiger partial charge on any atom is 0.208 e. The van der Waals surface area contributed by atoms with E-state index < -0.39 is 10.0 Å². The first-order chi connectivity index (χ1) is 9.96. The number of morpholine rings is 1. The summed E-state index contributed by atoms with van der Waals surface area (Å²) in [5.41, 5.74) is 6.02. The third kappa shape index (κ3) is 5.44. The van der Waals surface area contributed by atoms with Gasteiger partial charge in [0.2, 0.25) is 10.0 Å². The second-order valence-electron chi connectivity index (χ2n) is 5.84. The van der Waals surface area contributed by atoms with E-state index in [1.54, 1.807) is 0 Å². The lowest BCUT2D eigenvalue weighted by Gasteiger charge is -2.31. The first kappa shape index (κ1) is 16.5. The largest absolute Gasteiger partial charge is 0.378 e. The van der Waals surface area contributed by atoms with Gasteiger partial charge in [-0.3, -0.25) is 4.99 Å². The summed E-state index contributed by atoms with van der Waals surface area (Å²) in [6.45, 7) is 3.47. The Morgan fingerprint density at radius 1 is 1.33 bits per heavy atom. The molecule has 1 aliphatic carbocycles. The molecule has 1 saturated carbocycles. The fourth-order valence-electron chi connectivity index (χ4n) is 2.96. The van der Waals surface area contributed by atoms with Gasteiger partial charge in [-0.15, -0.1) is 0 Å². The average Bonchev–Trinajstić information content (AvgIpc) is 2.45. The van der Waals surface area contributed by atoms with E-state index in [2.05, 4.69) is 9.71 Å². The number of sulfonamides is 1. The Bertz CT molecular complexity index is 460. The summed E-state index contributed by atoms with van der Waals surface area (Å²) in [6, 6.07) is -0.0185. The Balaban J connectivity index is 1.92. The molecule has 1 heterocycles. The molecular weight excluding hydrogens is 292 g/mol. The van der Waals surface area contributed by atoms with Crippen molar-refractivity contribution >= 4 is 16.0 Å². The lowest BCUT2D eigenvalue weighted by molar-refractivity contribution is 0.0673. The number of hydrogen-bond donors (Lipinski definition) is 2. The summed E-state index contributed by atoms with van der Waals surface area (Å²) in [4.78, 5) is 6.50. The quantitative estimate of drug-likeness (QED) is 0.550. The third-order valence-electron chi connectivity index (χ3n) is 4.10. The van der Waals surface area contributed by atoms with E-state index in [4.69, 9.17) is 10.5 Å². The van der Waals surface area contributed by atoms with Crippen LogP contribution >= 0.6 is 0 Å². The molecule has 2 aliphatic rings. The fourth-order valence-corrected chi connectivity index (χ4v) is 3.82. The summed E-state index contributed by atoms with van der Waals surface area (Å²) in [5.74, 6) is 0.773. The van der Waals surface area contributed by atoms with Gasteiger partial charge in [0, 0.05) is 25.7 Å². The van der Waals surface area contributed by atoms with Gasteiger partial charge in [-0.2, -0.15) is 0 Å². The molecular formula is C13H26N4O3S. The topological polar surface area (TPSA) is 97.0 Å². The molecule has 0 aromatic heterocycles. The first-order valence-electron chi connectivity index (χ1n) is 7.55. The van der Waals surface area contributed by atoms with Crippen LogP contribution in [0.5, 0.6) is 0 Å². The summed E-state index contributed by atoms with van der Waals surface area (Å²) < 4.78 is 30.9. The van der Waals surface area contributed by atoms with Crippen molar-refractivity contribution in [2.24, 2.45) is 16.6 Å². The van der Waals surface area contributed by atoms with Gasteiger partial charge >= 0.3 is 0 Å². The molecule has 0 aromatic carbocycles. The van der Waals surface area contributed by atoms with Gasteiger partial charge in [-0.05, 0) is 18.8 Å². The minimum Gasteiger partial charge on any atom is -0.378 e. The predicted molar refractivity (Wildman–Crippen MR) is 82.6 cm³/mol. The van der Waals surface area contributed by atoms with Crippen LogP contribution in [0.1, 0.15) is 25.7 Å². The second-order valence-corrected chi connectivity index (χ2v) is 7.62. The van der Waals surface area contributed by atoms with E-state index in [1.807, 2.05) is 4.90 Å². The van der Waals surface area contributed by atoms with Crippen LogP contribution in [0, 0.1) is 5.92 Å². The van der Waals surface area contributed by atoms with Crippen molar-refractivity contribution in [1.29, 1.82) is 0 Å². The summed E-state index contributed by atoms with van der Waals surface area (Å²) in [7, 11) is -3.17. The van der Waals surface area contributed by atoms with Crippen molar-refractivity contribution in [2.75, 3.05) is 39.1 Å². The maximum absolute atomic E-state index is 11.4. The molecule has 0 radical (unpaired) electrons. The van der Waals surface area contributed by atoms with Crippen molar-refractivity contribution in [3.8, 4) is 0 Å². The SMILES string of the molecule is CS(=O)(=O)NC1CCCCC1CN=C(N)N1CCOCC1. The molecule has 122 valence electrons. The molecule has 0 spiro atoms. The molecule has 2 rings (SSSR count). The Hall–Kier alpha value is -0.860. The Morgan fingerprint density at radius 2 is 2.00 bits per heavy atom. The number of nitrogens with one attached hydrogen (secondary N) is 1. The zero-order valence-electron chi connectivity index (χ0n) is 12.6. The van der Waals surface area contributed by atoms with Gasteiger partial charge in [0.15, 0.2) is 5.96 Å². The zero-order chi connectivity index (χ0) is 15.3. The van der Waals surface area contributed by atoms with Gasteiger partial charge in [0.1, 0.15) is 0 Å². The smallest absolute Gasteiger partial charge is 0.208 e. The number of rotatable bonds is 4. The minimum absolute atomic E-state index is 0.0185. The number of nitrogens with two attached hydrogens (primary N) is 1.